The van der Waals surface area contributed by atoms with Gasteiger partial charge in [-0.1, -0.05) is 127 Å². The molecule has 0 amide bonds. The zero-order valence-corrected chi connectivity index (χ0v) is 28.7. The first-order valence-corrected chi connectivity index (χ1v) is 18.3. The first-order valence-electron chi connectivity index (χ1n) is 17.5. The highest BCUT2D eigenvalue weighted by Crippen LogP contribution is 2.49. The quantitative estimate of drug-likeness (QED) is 0.181. The Morgan fingerprint density at radius 1 is 0.385 bits per heavy atom. The topological polar surface area (TPSA) is 29.5 Å². The molecule has 244 valence electrons. The lowest BCUT2D eigenvalue weighted by atomic mass is 10.0. The van der Waals surface area contributed by atoms with Gasteiger partial charge < -0.3 is 13.7 Å². The van der Waals surface area contributed by atoms with Crippen molar-refractivity contribution in [1.82, 2.24) is 0 Å². The molecule has 0 N–H and O–H groups in total. The van der Waals surface area contributed by atoms with E-state index in [-0.39, 0.29) is 0 Å². The number of para-hydroxylation sites is 3. The molecule has 0 bridgehead atoms. The lowest BCUT2D eigenvalue weighted by Crippen LogP contribution is -2.10. The van der Waals surface area contributed by atoms with Crippen LogP contribution in [0.15, 0.2) is 185 Å². The van der Waals surface area contributed by atoms with Crippen molar-refractivity contribution in [2.75, 3.05) is 4.90 Å². The molecule has 3 heterocycles. The van der Waals surface area contributed by atoms with Crippen LogP contribution >= 0.6 is 11.3 Å². The van der Waals surface area contributed by atoms with Crippen LogP contribution in [-0.4, -0.2) is 0 Å². The number of furan rings is 2. The lowest BCUT2D eigenvalue weighted by Gasteiger charge is -2.26. The molecule has 0 saturated heterocycles. The van der Waals surface area contributed by atoms with Crippen LogP contribution in [-0.2, 0) is 0 Å². The number of thiophene rings is 1. The molecular formula is C48H29NO2S. The molecule has 0 aliphatic carbocycles. The van der Waals surface area contributed by atoms with Crippen LogP contribution in [0.2, 0.25) is 0 Å². The summed E-state index contributed by atoms with van der Waals surface area (Å²) in [5.41, 5.74) is 11.3. The number of hydrogen-bond donors (Lipinski definition) is 0. The van der Waals surface area contributed by atoms with Crippen molar-refractivity contribution in [2.24, 2.45) is 0 Å². The average molecular weight is 684 g/mol. The van der Waals surface area contributed by atoms with Gasteiger partial charge in [0.1, 0.15) is 16.7 Å². The summed E-state index contributed by atoms with van der Waals surface area (Å²) in [5, 5.41) is 6.86. The van der Waals surface area contributed by atoms with E-state index in [0.717, 1.165) is 72.1 Å². The van der Waals surface area contributed by atoms with Crippen LogP contribution in [0.5, 0.6) is 0 Å². The maximum absolute atomic E-state index is 7.01. The average Bonchev–Trinajstić information content (AvgIpc) is 3.90. The Morgan fingerprint density at radius 3 is 1.90 bits per heavy atom. The first kappa shape index (κ1) is 29.1. The van der Waals surface area contributed by atoms with E-state index in [1.165, 1.54) is 31.3 Å². The van der Waals surface area contributed by atoms with Gasteiger partial charge in [0.25, 0.3) is 0 Å². The molecule has 52 heavy (non-hydrogen) atoms. The molecule has 4 heteroatoms. The molecule has 0 atom stereocenters. The molecule has 0 aliphatic heterocycles. The molecule has 3 nitrogen and oxygen atoms in total. The van der Waals surface area contributed by atoms with Gasteiger partial charge in [-0.05, 0) is 65.2 Å². The van der Waals surface area contributed by atoms with Crippen LogP contribution in [0, 0.1) is 0 Å². The maximum atomic E-state index is 7.01. The van der Waals surface area contributed by atoms with Gasteiger partial charge in [-0.3, -0.25) is 0 Å². The number of benzene rings is 8. The molecule has 0 radical (unpaired) electrons. The fourth-order valence-corrected chi connectivity index (χ4v) is 9.04. The summed E-state index contributed by atoms with van der Waals surface area (Å²) < 4.78 is 15.8. The van der Waals surface area contributed by atoms with Gasteiger partial charge in [-0.25, -0.2) is 0 Å². The lowest BCUT2D eigenvalue weighted by molar-refractivity contribution is 0.669. The SMILES string of the molecule is c1ccc(-c2ccc3sc4c(N(c5ccc6oc7ccccc7c6c5)c5cccc6c5oc5c(-c7ccccc7)cccc56)cccc4c3c2)cc1. The van der Waals surface area contributed by atoms with E-state index in [4.69, 9.17) is 8.83 Å². The van der Waals surface area contributed by atoms with Gasteiger partial charge in [-0.15, -0.1) is 11.3 Å². The molecule has 0 saturated carbocycles. The second-order valence-electron chi connectivity index (χ2n) is 13.3. The monoisotopic (exact) mass is 683 g/mol. The fraction of sp³-hybridized carbons (Fsp3) is 0. The van der Waals surface area contributed by atoms with Crippen LogP contribution in [0.3, 0.4) is 0 Å². The van der Waals surface area contributed by atoms with E-state index < -0.39 is 0 Å². The number of hydrogen-bond acceptors (Lipinski definition) is 4. The van der Waals surface area contributed by atoms with E-state index in [9.17, 15) is 0 Å². The summed E-state index contributed by atoms with van der Waals surface area (Å²) in [6, 6.07) is 62.4. The molecule has 0 aliphatic rings. The number of rotatable bonds is 5. The van der Waals surface area contributed by atoms with Crippen LogP contribution in [0.1, 0.15) is 0 Å². The largest absolute Gasteiger partial charge is 0.456 e. The zero-order chi connectivity index (χ0) is 34.2. The van der Waals surface area contributed by atoms with Crippen molar-refractivity contribution in [3.8, 4) is 22.3 Å². The van der Waals surface area contributed by atoms with Crippen molar-refractivity contribution in [1.29, 1.82) is 0 Å². The molecule has 11 aromatic rings. The smallest absolute Gasteiger partial charge is 0.159 e. The molecule has 3 aromatic heterocycles. The minimum atomic E-state index is 0.850. The van der Waals surface area contributed by atoms with Crippen molar-refractivity contribution in [3.63, 3.8) is 0 Å². The van der Waals surface area contributed by atoms with Gasteiger partial charge >= 0.3 is 0 Å². The Hall–Kier alpha value is -6.62. The number of nitrogens with zero attached hydrogens (tertiary/aromatic N) is 1. The van der Waals surface area contributed by atoms with E-state index in [0.29, 0.717) is 0 Å². The van der Waals surface area contributed by atoms with Gasteiger partial charge in [0, 0.05) is 48.3 Å². The highest BCUT2D eigenvalue weighted by molar-refractivity contribution is 7.26. The maximum Gasteiger partial charge on any atom is 0.159 e. The highest BCUT2D eigenvalue weighted by Gasteiger charge is 2.24. The molecule has 8 aromatic carbocycles. The Balaban J connectivity index is 1.19. The molecule has 0 fully saturated rings. The van der Waals surface area contributed by atoms with E-state index in [1.54, 1.807) is 0 Å². The van der Waals surface area contributed by atoms with E-state index >= 15 is 0 Å². The molecule has 0 unspecified atom stereocenters. The standard InChI is InChI=1S/C48H29NO2S/c1-3-12-30(13-4-1)32-24-27-45-40(28-32)38-20-11-22-42(48(38)52-45)49(33-25-26-44-39(29-33)35-16-7-8-23-43(35)50-44)41-21-10-19-37-36-18-9-17-34(46(36)51-47(37)41)31-14-5-2-6-15-31/h1-29H. The normalized spacial score (nSPS) is 11.8. The zero-order valence-electron chi connectivity index (χ0n) is 27.9. The Kier molecular flexibility index (Phi) is 6.42. The number of anilines is 3. The third-order valence-electron chi connectivity index (χ3n) is 10.3. The second kappa shape index (κ2) is 11.5. The van der Waals surface area contributed by atoms with Gasteiger partial charge in [-0.2, -0.15) is 0 Å². The minimum Gasteiger partial charge on any atom is -0.456 e. The summed E-state index contributed by atoms with van der Waals surface area (Å²) in [6.45, 7) is 0. The van der Waals surface area contributed by atoms with E-state index in [2.05, 4.69) is 169 Å². The number of fused-ring (bicyclic) bond motifs is 9. The van der Waals surface area contributed by atoms with Crippen molar-refractivity contribution in [2.45, 2.75) is 0 Å². The van der Waals surface area contributed by atoms with Gasteiger partial charge in [0.15, 0.2) is 5.58 Å². The fourth-order valence-electron chi connectivity index (χ4n) is 7.86. The van der Waals surface area contributed by atoms with Crippen LogP contribution < -0.4 is 4.90 Å². The summed E-state index contributed by atoms with van der Waals surface area (Å²) in [5.74, 6) is 0. The summed E-state index contributed by atoms with van der Waals surface area (Å²) >= 11 is 1.84. The summed E-state index contributed by atoms with van der Waals surface area (Å²) in [6.07, 6.45) is 0. The third-order valence-corrected chi connectivity index (χ3v) is 11.5. The summed E-state index contributed by atoms with van der Waals surface area (Å²) in [7, 11) is 0. The van der Waals surface area contributed by atoms with Crippen molar-refractivity contribution >= 4 is 92.4 Å². The van der Waals surface area contributed by atoms with Crippen molar-refractivity contribution in [3.05, 3.63) is 176 Å². The molecule has 0 spiro atoms. The van der Waals surface area contributed by atoms with Crippen LogP contribution in [0.4, 0.5) is 17.1 Å². The Bertz CT molecular complexity index is 3130. The van der Waals surface area contributed by atoms with Gasteiger partial charge in [0.05, 0.1) is 16.1 Å². The third kappa shape index (κ3) is 4.45. The molecular weight excluding hydrogens is 655 g/mol. The minimum absolute atomic E-state index is 0.850. The Morgan fingerprint density at radius 2 is 1.06 bits per heavy atom. The predicted molar refractivity (Wildman–Crippen MR) is 219 cm³/mol. The highest BCUT2D eigenvalue weighted by atomic mass is 32.1. The predicted octanol–water partition coefficient (Wildman–Crippen LogP) is 14.7. The first-order chi connectivity index (χ1) is 25.8. The van der Waals surface area contributed by atoms with Crippen molar-refractivity contribution < 1.29 is 8.83 Å². The summed E-state index contributed by atoms with van der Waals surface area (Å²) in [4.78, 5) is 2.38. The van der Waals surface area contributed by atoms with Gasteiger partial charge in [0.2, 0.25) is 0 Å². The van der Waals surface area contributed by atoms with E-state index in [1.807, 2.05) is 23.5 Å². The molecule has 11 rings (SSSR count). The van der Waals surface area contributed by atoms with Crippen LogP contribution in [0.25, 0.3) is 86.3 Å². The Labute approximate surface area is 303 Å². The second-order valence-corrected chi connectivity index (χ2v) is 14.3.